The summed E-state index contributed by atoms with van der Waals surface area (Å²) < 4.78 is 0.324. The van der Waals surface area contributed by atoms with E-state index in [9.17, 15) is 4.79 Å². The molecular formula is C8H15NOS. The predicted octanol–water partition coefficient (Wildman–Crippen LogP) is 2.24. The van der Waals surface area contributed by atoms with Crippen molar-refractivity contribution in [3.05, 3.63) is 0 Å². The Kier molecular flexibility index (Phi) is 5.26. The van der Waals surface area contributed by atoms with Gasteiger partial charge in [-0.1, -0.05) is 20.8 Å². The lowest BCUT2D eigenvalue weighted by Crippen LogP contribution is -2.08. The monoisotopic (exact) mass is 173 g/mol. The van der Waals surface area contributed by atoms with Crippen LogP contribution < -0.4 is 0 Å². The lowest BCUT2D eigenvalue weighted by Gasteiger charge is -2.16. The molecule has 0 aromatic heterocycles. The molecule has 0 N–H and O–H groups in total. The quantitative estimate of drug-likeness (QED) is 0.371. The Bertz CT molecular complexity index is 145. The number of aliphatic imine (C=N–C) groups is 1. The third-order valence-electron chi connectivity index (χ3n) is 1.01. The molecule has 64 valence electrons. The van der Waals surface area contributed by atoms with Crippen LogP contribution in [-0.2, 0) is 4.79 Å². The second kappa shape index (κ2) is 5.39. The molecule has 0 aliphatic heterocycles. The van der Waals surface area contributed by atoms with Gasteiger partial charge in [-0.05, 0) is 12.2 Å². The molecule has 2 nitrogen and oxygen atoms in total. The van der Waals surface area contributed by atoms with E-state index in [1.807, 2.05) is 11.8 Å². The van der Waals surface area contributed by atoms with Gasteiger partial charge in [-0.2, -0.15) is 11.8 Å². The molecule has 0 unspecified atom stereocenters. The summed E-state index contributed by atoms with van der Waals surface area (Å²) in [5, 5.41) is 0. The number of rotatable bonds is 4. The summed E-state index contributed by atoms with van der Waals surface area (Å²) in [6, 6.07) is 0. The minimum Gasteiger partial charge on any atom is -0.211 e. The molecule has 0 aromatic carbocycles. The van der Waals surface area contributed by atoms with Crippen LogP contribution in [0.15, 0.2) is 4.99 Å². The summed E-state index contributed by atoms with van der Waals surface area (Å²) in [5.74, 6) is 1.06. The Labute approximate surface area is 72.5 Å². The molecule has 0 aliphatic rings. The Morgan fingerprint density at radius 3 is 2.55 bits per heavy atom. The van der Waals surface area contributed by atoms with Crippen LogP contribution in [0.25, 0.3) is 0 Å². The van der Waals surface area contributed by atoms with Gasteiger partial charge in [0.05, 0.1) is 6.54 Å². The van der Waals surface area contributed by atoms with Crippen LogP contribution in [-0.4, -0.2) is 23.1 Å². The first-order valence-electron chi connectivity index (χ1n) is 3.74. The highest BCUT2D eigenvalue weighted by molar-refractivity contribution is 8.00. The molecule has 0 radical (unpaired) electrons. The zero-order chi connectivity index (χ0) is 8.74. The van der Waals surface area contributed by atoms with Crippen molar-refractivity contribution in [3.8, 4) is 0 Å². The van der Waals surface area contributed by atoms with E-state index in [2.05, 4.69) is 25.8 Å². The maximum absolute atomic E-state index is 9.67. The topological polar surface area (TPSA) is 29.4 Å². The van der Waals surface area contributed by atoms with Gasteiger partial charge >= 0.3 is 0 Å². The highest BCUT2D eigenvalue weighted by Crippen LogP contribution is 2.23. The molecule has 0 amide bonds. The molecule has 0 atom stereocenters. The number of carbonyl (C=O) groups excluding carboxylic acids is 1. The third kappa shape index (κ3) is 9.73. The van der Waals surface area contributed by atoms with Gasteiger partial charge in [-0.3, -0.25) is 0 Å². The predicted molar refractivity (Wildman–Crippen MR) is 49.8 cm³/mol. The standard InChI is InChI=1S/C8H15NOS/c1-8(2,3)11-6-4-5-9-7-10/h4-6H2,1-3H3. The van der Waals surface area contributed by atoms with E-state index >= 15 is 0 Å². The molecule has 11 heavy (non-hydrogen) atoms. The zero-order valence-corrected chi connectivity index (χ0v) is 8.20. The molecule has 0 aromatic rings. The second-order valence-corrected chi connectivity index (χ2v) is 5.21. The molecule has 0 saturated carbocycles. The Morgan fingerprint density at radius 1 is 1.45 bits per heavy atom. The highest BCUT2D eigenvalue weighted by atomic mass is 32.2. The van der Waals surface area contributed by atoms with Crippen LogP contribution in [0, 0.1) is 0 Å². The van der Waals surface area contributed by atoms with Crippen LogP contribution in [0.4, 0.5) is 0 Å². The first-order valence-corrected chi connectivity index (χ1v) is 4.72. The van der Waals surface area contributed by atoms with Crippen molar-refractivity contribution in [1.29, 1.82) is 0 Å². The van der Waals surface area contributed by atoms with E-state index in [1.165, 1.54) is 6.08 Å². The van der Waals surface area contributed by atoms with E-state index in [-0.39, 0.29) is 0 Å². The first kappa shape index (κ1) is 10.7. The maximum atomic E-state index is 9.67. The van der Waals surface area contributed by atoms with Crippen molar-refractivity contribution in [2.45, 2.75) is 31.9 Å². The summed E-state index contributed by atoms with van der Waals surface area (Å²) in [6.07, 6.45) is 2.50. The fourth-order valence-corrected chi connectivity index (χ4v) is 1.45. The van der Waals surface area contributed by atoms with E-state index in [0.29, 0.717) is 11.3 Å². The number of hydrogen-bond acceptors (Lipinski definition) is 3. The van der Waals surface area contributed by atoms with Gasteiger partial charge in [-0.15, -0.1) is 0 Å². The summed E-state index contributed by atoms with van der Waals surface area (Å²) in [6.45, 7) is 7.16. The number of thioether (sulfide) groups is 1. The van der Waals surface area contributed by atoms with Crippen molar-refractivity contribution in [2.24, 2.45) is 4.99 Å². The number of hydrogen-bond donors (Lipinski definition) is 0. The van der Waals surface area contributed by atoms with E-state index in [0.717, 1.165) is 12.2 Å². The maximum Gasteiger partial charge on any atom is 0.234 e. The van der Waals surface area contributed by atoms with Crippen molar-refractivity contribution in [1.82, 2.24) is 0 Å². The molecule has 0 rings (SSSR count). The highest BCUT2D eigenvalue weighted by Gasteiger charge is 2.08. The zero-order valence-electron chi connectivity index (χ0n) is 7.39. The molecule has 0 heterocycles. The summed E-state index contributed by atoms with van der Waals surface area (Å²) >= 11 is 1.89. The summed E-state index contributed by atoms with van der Waals surface area (Å²) in [7, 11) is 0. The fourth-order valence-electron chi connectivity index (χ4n) is 0.568. The molecule has 0 bridgehead atoms. The Balaban J connectivity index is 3.21. The van der Waals surface area contributed by atoms with E-state index < -0.39 is 0 Å². The Hall–Kier alpha value is -0.270. The lowest BCUT2D eigenvalue weighted by molar-refractivity contribution is 0.562. The fraction of sp³-hybridized carbons (Fsp3) is 0.875. The van der Waals surface area contributed by atoms with E-state index in [4.69, 9.17) is 0 Å². The van der Waals surface area contributed by atoms with Gasteiger partial charge in [0.1, 0.15) is 0 Å². The smallest absolute Gasteiger partial charge is 0.211 e. The average Bonchev–Trinajstić information content (AvgIpc) is 1.85. The van der Waals surface area contributed by atoms with E-state index in [1.54, 1.807) is 0 Å². The summed E-state index contributed by atoms with van der Waals surface area (Å²) in [5.41, 5.74) is 0. The van der Waals surface area contributed by atoms with Gasteiger partial charge in [0.2, 0.25) is 6.08 Å². The Morgan fingerprint density at radius 2 is 2.09 bits per heavy atom. The summed E-state index contributed by atoms with van der Waals surface area (Å²) in [4.78, 5) is 13.1. The SMILES string of the molecule is CC(C)(C)SCCCN=C=O. The normalized spacial score (nSPS) is 10.8. The minimum absolute atomic E-state index is 0.324. The van der Waals surface area contributed by atoms with Crippen molar-refractivity contribution >= 4 is 17.8 Å². The van der Waals surface area contributed by atoms with Crippen LogP contribution in [0.5, 0.6) is 0 Å². The first-order chi connectivity index (χ1) is 5.06. The van der Waals surface area contributed by atoms with Crippen LogP contribution in [0.3, 0.4) is 0 Å². The number of nitrogens with zero attached hydrogens (tertiary/aromatic N) is 1. The largest absolute Gasteiger partial charge is 0.234 e. The van der Waals surface area contributed by atoms with Crippen LogP contribution in [0.1, 0.15) is 27.2 Å². The second-order valence-electron chi connectivity index (χ2n) is 3.29. The van der Waals surface area contributed by atoms with Crippen molar-refractivity contribution in [2.75, 3.05) is 12.3 Å². The van der Waals surface area contributed by atoms with Gasteiger partial charge in [0.25, 0.3) is 0 Å². The molecule has 0 aliphatic carbocycles. The average molecular weight is 173 g/mol. The third-order valence-corrected chi connectivity index (χ3v) is 2.37. The van der Waals surface area contributed by atoms with Gasteiger partial charge in [-0.25, -0.2) is 9.79 Å². The van der Waals surface area contributed by atoms with Crippen LogP contribution >= 0.6 is 11.8 Å². The van der Waals surface area contributed by atoms with Gasteiger partial charge < -0.3 is 0 Å². The van der Waals surface area contributed by atoms with Gasteiger partial charge in [0.15, 0.2) is 0 Å². The minimum atomic E-state index is 0.324. The lowest BCUT2D eigenvalue weighted by atomic mass is 10.3. The van der Waals surface area contributed by atoms with Gasteiger partial charge in [0, 0.05) is 4.75 Å². The molecule has 3 heteroatoms. The molecule has 0 saturated heterocycles. The van der Waals surface area contributed by atoms with Crippen LogP contribution in [0.2, 0.25) is 0 Å². The molecular weight excluding hydrogens is 158 g/mol. The van der Waals surface area contributed by atoms with Crippen molar-refractivity contribution < 1.29 is 4.79 Å². The molecule has 0 spiro atoms. The van der Waals surface area contributed by atoms with Crippen molar-refractivity contribution in [3.63, 3.8) is 0 Å². The number of isocyanates is 1. The molecule has 0 fully saturated rings.